The van der Waals surface area contributed by atoms with E-state index >= 15 is 0 Å². The summed E-state index contributed by atoms with van der Waals surface area (Å²) >= 11 is 0. The minimum absolute atomic E-state index is 0. The van der Waals surface area contributed by atoms with Gasteiger partial charge in [0.2, 0.25) is 0 Å². The Kier molecular flexibility index (Phi) is 7.83. The first-order valence-corrected chi connectivity index (χ1v) is 12.5. The summed E-state index contributed by atoms with van der Waals surface area (Å²) in [7, 11) is 0. The maximum absolute atomic E-state index is 13.7. The molecule has 0 unspecified atom stereocenters. The van der Waals surface area contributed by atoms with Crippen LogP contribution in [-0.4, -0.2) is 58.5 Å². The Hall–Kier alpha value is -2.12. The van der Waals surface area contributed by atoms with Gasteiger partial charge >= 0.3 is 5.97 Å². The first kappa shape index (κ1) is 25.0. The van der Waals surface area contributed by atoms with Crippen LogP contribution in [0.25, 0.3) is 0 Å². The number of quaternary nitrogens is 1. The fraction of sp³-hybridized carbons (Fsp3) is 0.556. The van der Waals surface area contributed by atoms with Gasteiger partial charge in [-0.25, -0.2) is 0 Å². The van der Waals surface area contributed by atoms with Gasteiger partial charge in [-0.15, -0.1) is 0 Å². The molecule has 1 aliphatic carbocycles. The highest BCUT2D eigenvalue weighted by molar-refractivity contribution is 5.83. The van der Waals surface area contributed by atoms with Crippen molar-refractivity contribution in [1.82, 2.24) is 9.97 Å². The van der Waals surface area contributed by atoms with Gasteiger partial charge in [0.15, 0.2) is 11.9 Å². The summed E-state index contributed by atoms with van der Waals surface area (Å²) < 4.78 is 7.10. The third-order valence-corrected chi connectivity index (χ3v) is 8.23. The average molecular weight is 528 g/mol. The second kappa shape index (κ2) is 10.6. The van der Waals surface area contributed by atoms with Crippen molar-refractivity contribution in [2.45, 2.75) is 62.9 Å². The molecule has 4 aliphatic rings. The van der Waals surface area contributed by atoms with E-state index in [4.69, 9.17) is 4.74 Å². The zero-order chi connectivity index (χ0) is 22.7. The van der Waals surface area contributed by atoms with Crippen LogP contribution in [0.5, 0.6) is 0 Å². The number of nitrogens with zero attached hydrogens (tertiary/aromatic N) is 3. The van der Waals surface area contributed by atoms with E-state index in [1.54, 1.807) is 18.6 Å². The molecule has 3 aliphatic heterocycles. The molecule has 6 nitrogen and oxygen atoms in total. The molecule has 1 atom stereocenters. The molecular formula is C27H34BrN3O3. The predicted octanol–water partition coefficient (Wildman–Crippen LogP) is 0.647. The van der Waals surface area contributed by atoms with E-state index in [0.29, 0.717) is 18.9 Å². The number of ether oxygens (including phenoxy) is 1. The number of carbonyl (C=O) groups excluding carboxylic acids is 2. The van der Waals surface area contributed by atoms with Gasteiger partial charge in [0, 0.05) is 37.4 Å². The number of rotatable bonds is 7. The van der Waals surface area contributed by atoms with Crippen molar-refractivity contribution in [2.75, 3.05) is 26.2 Å². The zero-order valence-electron chi connectivity index (χ0n) is 19.7. The molecule has 6 rings (SSSR count). The fourth-order valence-electron chi connectivity index (χ4n) is 6.40. The van der Waals surface area contributed by atoms with E-state index in [9.17, 15) is 9.59 Å². The van der Waals surface area contributed by atoms with Crippen LogP contribution in [0.1, 0.15) is 56.2 Å². The lowest BCUT2D eigenvalue weighted by Gasteiger charge is -2.52. The summed E-state index contributed by atoms with van der Waals surface area (Å²) in [6, 6.07) is 10.2. The van der Waals surface area contributed by atoms with E-state index in [1.165, 1.54) is 6.42 Å². The van der Waals surface area contributed by atoms with Crippen LogP contribution in [0.15, 0.2) is 48.9 Å². The van der Waals surface area contributed by atoms with Crippen molar-refractivity contribution < 1.29 is 35.8 Å². The molecule has 0 amide bonds. The van der Waals surface area contributed by atoms with E-state index in [2.05, 4.69) is 22.1 Å². The minimum atomic E-state index is -0.516. The topological polar surface area (TPSA) is 69.2 Å². The Morgan fingerprint density at radius 1 is 1.03 bits per heavy atom. The number of halogens is 1. The summed E-state index contributed by atoms with van der Waals surface area (Å²) in [5.41, 5.74) is 1.30. The molecule has 0 radical (unpaired) electrons. The van der Waals surface area contributed by atoms with Crippen LogP contribution in [0.4, 0.5) is 0 Å². The van der Waals surface area contributed by atoms with Crippen molar-refractivity contribution in [3.63, 3.8) is 0 Å². The van der Waals surface area contributed by atoms with Crippen LogP contribution >= 0.6 is 0 Å². The predicted molar refractivity (Wildman–Crippen MR) is 124 cm³/mol. The lowest BCUT2D eigenvalue weighted by Crippen LogP contribution is -3.00. The SMILES string of the molecule is O=C(Cc1cnccn1)C[N+]12CCC(CC1)[C@@H](OC(=O)C1(c3ccccc3)CCCCC1)C2.[Br-]. The highest BCUT2D eigenvalue weighted by Crippen LogP contribution is 2.43. The number of carbonyl (C=O) groups is 2. The summed E-state index contributed by atoms with van der Waals surface area (Å²) in [6.07, 6.45) is 12.2. The first-order chi connectivity index (χ1) is 16.1. The maximum atomic E-state index is 13.7. The maximum Gasteiger partial charge on any atom is 0.317 e. The van der Waals surface area contributed by atoms with E-state index in [0.717, 1.165) is 73.9 Å². The Bertz CT molecular complexity index is 971. The van der Waals surface area contributed by atoms with Crippen LogP contribution in [-0.2, 0) is 26.2 Å². The Morgan fingerprint density at radius 2 is 1.76 bits per heavy atom. The zero-order valence-corrected chi connectivity index (χ0v) is 21.3. The molecule has 4 heterocycles. The van der Waals surface area contributed by atoms with Crippen molar-refractivity contribution in [3.05, 3.63) is 60.2 Å². The fourth-order valence-corrected chi connectivity index (χ4v) is 6.40. The van der Waals surface area contributed by atoms with Gasteiger partial charge in [-0.3, -0.25) is 19.6 Å². The van der Waals surface area contributed by atoms with E-state index < -0.39 is 5.41 Å². The molecule has 1 aromatic heterocycles. The lowest BCUT2D eigenvalue weighted by atomic mass is 9.69. The smallest absolute Gasteiger partial charge is 0.317 e. The number of hydrogen-bond acceptors (Lipinski definition) is 5. The molecule has 4 fully saturated rings. The van der Waals surface area contributed by atoms with Crippen LogP contribution in [0.3, 0.4) is 0 Å². The average Bonchev–Trinajstić information content (AvgIpc) is 2.86. The molecule has 2 bridgehead atoms. The molecule has 2 aromatic rings. The second-order valence-electron chi connectivity index (χ2n) is 10.3. The number of esters is 1. The largest absolute Gasteiger partial charge is 1.00 e. The number of aromatic nitrogens is 2. The highest BCUT2D eigenvalue weighted by atomic mass is 79.9. The molecule has 7 heteroatoms. The van der Waals surface area contributed by atoms with Crippen molar-refractivity contribution in [3.8, 4) is 0 Å². The van der Waals surface area contributed by atoms with Crippen molar-refractivity contribution >= 4 is 11.8 Å². The molecule has 0 spiro atoms. The second-order valence-corrected chi connectivity index (χ2v) is 10.3. The van der Waals surface area contributed by atoms with Crippen molar-refractivity contribution in [2.24, 2.45) is 5.92 Å². The Labute approximate surface area is 212 Å². The third-order valence-electron chi connectivity index (χ3n) is 8.23. The quantitative estimate of drug-likeness (QED) is 0.390. The normalized spacial score (nSPS) is 27.4. The molecule has 0 N–H and O–H groups in total. The first-order valence-electron chi connectivity index (χ1n) is 12.5. The van der Waals surface area contributed by atoms with Gasteiger partial charge in [-0.05, 0) is 18.4 Å². The number of benzene rings is 1. The summed E-state index contributed by atoms with van der Waals surface area (Å²) in [5.74, 6) is 0.561. The molecular weight excluding hydrogens is 494 g/mol. The van der Waals surface area contributed by atoms with Gasteiger partial charge < -0.3 is 26.2 Å². The summed E-state index contributed by atoms with van der Waals surface area (Å²) in [6.45, 7) is 3.23. The van der Waals surface area contributed by atoms with Gasteiger partial charge in [-0.1, -0.05) is 49.6 Å². The standard InChI is InChI=1S/C27H34N3O3.BrH/c31-24(17-23-18-28-13-14-29-23)19-30-15-9-21(10-16-30)25(20-30)33-26(32)27(11-5-2-6-12-27)22-7-3-1-4-8-22;/h1,3-4,7-8,13-14,18,21,25H,2,5-6,9-12,15-17,19-20H2;1H/q+1;/p-1/t21?,25-,30?;/m0./s1. The molecule has 3 saturated heterocycles. The molecule has 1 saturated carbocycles. The molecule has 182 valence electrons. The van der Waals surface area contributed by atoms with Crippen molar-refractivity contribution in [1.29, 1.82) is 0 Å². The number of ketones is 1. The number of fused-ring (bicyclic) bond motifs is 3. The monoisotopic (exact) mass is 527 g/mol. The summed E-state index contributed by atoms with van der Waals surface area (Å²) in [5, 5.41) is 0. The van der Waals surface area contributed by atoms with Crippen LogP contribution < -0.4 is 17.0 Å². The molecule has 1 aromatic carbocycles. The minimum Gasteiger partial charge on any atom is -1.00 e. The van der Waals surface area contributed by atoms with Gasteiger partial charge in [0.25, 0.3) is 0 Å². The van der Waals surface area contributed by atoms with Gasteiger partial charge in [0.05, 0.1) is 30.6 Å². The number of hydrogen-bond donors (Lipinski definition) is 0. The Morgan fingerprint density at radius 3 is 2.44 bits per heavy atom. The Balaban J connectivity index is 0.00000274. The molecule has 34 heavy (non-hydrogen) atoms. The summed E-state index contributed by atoms with van der Waals surface area (Å²) in [4.78, 5) is 34.9. The van der Waals surface area contributed by atoms with Crippen LogP contribution in [0, 0.1) is 5.92 Å². The van der Waals surface area contributed by atoms with Gasteiger partial charge in [0.1, 0.15) is 13.1 Å². The highest BCUT2D eigenvalue weighted by Gasteiger charge is 2.51. The third kappa shape index (κ3) is 5.10. The number of piperidine rings is 3. The van der Waals surface area contributed by atoms with Crippen LogP contribution in [0.2, 0.25) is 0 Å². The van der Waals surface area contributed by atoms with Gasteiger partial charge in [-0.2, -0.15) is 0 Å². The number of Topliss-reactive ketones (excluding diaryl/α,β-unsaturated/α-hetero) is 1. The lowest BCUT2D eigenvalue weighted by molar-refractivity contribution is -0.939. The van der Waals surface area contributed by atoms with E-state index in [-0.39, 0.29) is 34.8 Å². The van der Waals surface area contributed by atoms with E-state index in [1.807, 2.05) is 18.2 Å².